The van der Waals surface area contributed by atoms with E-state index in [0.717, 1.165) is 0 Å². The van der Waals surface area contributed by atoms with Crippen LogP contribution in [-0.2, 0) is 10.1 Å². The van der Waals surface area contributed by atoms with Crippen molar-refractivity contribution in [2.75, 3.05) is 32.4 Å². The van der Waals surface area contributed by atoms with E-state index in [4.69, 9.17) is 13.0 Å². The molecule has 0 radical (unpaired) electrons. The molecule has 0 aliphatic heterocycles. The summed E-state index contributed by atoms with van der Waals surface area (Å²) in [7, 11) is -3.92. The Morgan fingerprint density at radius 3 is 1.19 bits per heavy atom. The molecule has 0 aliphatic carbocycles. The third-order valence-electron chi connectivity index (χ3n) is 4.94. The summed E-state index contributed by atoms with van der Waals surface area (Å²) in [5.41, 5.74) is 0. The molecule has 0 bridgehead atoms. The molecule has 0 rings (SSSR count). The Bertz CT molecular complexity index is 353. The van der Waals surface area contributed by atoms with Crippen LogP contribution >= 0.6 is 0 Å². The molecular weight excluding hydrogens is 346 g/mol. The van der Waals surface area contributed by atoms with Crippen LogP contribution in [0.15, 0.2) is 0 Å². The first kappa shape index (κ1) is 28.1. The average molecular weight is 394 g/mol. The zero-order chi connectivity index (χ0) is 20.3. The quantitative estimate of drug-likeness (QED) is 0.191. The first-order valence-corrected chi connectivity index (χ1v) is 12.8. The van der Waals surface area contributed by atoms with Crippen molar-refractivity contribution < 1.29 is 17.5 Å². The van der Waals surface area contributed by atoms with Crippen LogP contribution in [0.25, 0.3) is 0 Å². The molecular formula is C21H47NO3S. The zero-order valence-corrected chi connectivity index (χ0v) is 19.2. The maximum absolute atomic E-state index is 9.08. The second-order valence-electron chi connectivity index (χ2n) is 7.77. The van der Waals surface area contributed by atoms with Gasteiger partial charge in [0.15, 0.2) is 0 Å². The van der Waals surface area contributed by atoms with E-state index < -0.39 is 10.1 Å². The van der Waals surface area contributed by atoms with Crippen molar-refractivity contribution in [1.82, 2.24) is 0 Å². The van der Waals surface area contributed by atoms with Gasteiger partial charge >= 0.3 is 0 Å². The third-order valence-corrected chi connectivity index (χ3v) is 4.94. The molecule has 0 fully saturated rings. The summed E-state index contributed by atoms with van der Waals surface area (Å²) in [6, 6.07) is 0. The minimum Gasteiger partial charge on any atom is -0.748 e. The van der Waals surface area contributed by atoms with Gasteiger partial charge in [0.25, 0.3) is 0 Å². The SMILES string of the molecule is CCCCCCCC[N+](CCCC)(CCCC)CCCC.CS(=O)(=O)[O-]. The van der Waals surface area contributed by atoms with Gasteiger partial charge in [0.2, 0.25) is 0 Å². The lowest BCUT2D eigenvalue weighted by molar-refractivity contribution is -0.929. The van der Waals surface area contributed by atoms with E-state index in [-0.39, 0.29) is 0 Å². The lowest BCUT2D eigenvalue weighted by atomic mass is 10.1. The maximum atomic E-state index is 9.08. The molecule has 5 heteroatoms. The van der Waals surface area contributed by atoms with Gasteiger partial charge in [-0.05, 0) is 32.1 Å². The molecule has 0 aromatic rings. The molecule has 0 amide bonds. The highest BCUT2D eigenvalue weighted by Crippen LogP contribution is 2.17. The Labute approximate surface area is 165 Å². The zero-order valence-electron chi connectivity index (χ0n) is 18.4. The summed E-state index contributed by atoms with van der Waals surface area (Å²) in [6.45, 7) is 15.1. The molecule has 0 unspecified atom stereocenters. The Kier molecular flexibility index (Phi) is 19.7. The summed E-state index contributed by atoms with van der Waals surface area (Å²) in [6.07, 6.45) is 17.6. The number of hydrogen-bond donors (Lipinski definition) is 0. The molecule has 160 valence electrons. The van der Waals surface area contributed by atoms with Crippen molar-refractivity contribution in [3.63, 3.8) is 0 Å². The fraction of sp³-hybridized carbons (Fsp3) is 1.00. The molecule has 0 spiro atoms. The van der Waals surface area contributed by atoms with Crippen LogP contribution in [-0.4, -0.2) is 49.9 Å². The molecule has 0 aromatic carbocycles. The first-order chi connectivity index (χ1) is 12.2. The minimum atomic E-state index is -3.92. The van der Waals surface area contributed by atoms with Gasteiger partial charge in [0.1, 0.15) is 0 Å². The van der Waals surface area contributed by atoms with Crippen molar-refractivity contribution in [3.05, 3.63) is 0 Å². The Morgan fingerprint density at radius 1 is 0.577 bits per heavy atom. The highest BCUT2D eigenvalue weighted by atomic mass is 32.2. The molecule has 0 aromatic heterocycles. The highest BCUT2D eigenvalue weighted by molar-refractivity contribution is 7.84. The lowest BCUT2D eigenvalue weighted by Crippen LogP contribution is -2.50. The molecule has 0 saturated heterocycles. The van der Waals surface area contributed by atoms with E-state index in [1.165, 1.54) is 108 Å². The van der Waals surface area contributed by atoms with Gasteiger partial charge in [-0.2, -0.15) is 0 Å². The van der Waals surface area contributed by atoms with Crippen molar-refractivity contribution in [2.45, 2.75) is 105 Å². The van der Waals surface area contributed by atoms with E-state index in [1.54, 1.807) is 0 Å². The number of quaternary nitrogens is 1. The molecule has 0 atom stereocenters. The van der Waals surface area contributed by atoms with Crippen LogP contribution in [0.4, 0.5) is 0 Å². The highest BCUT2D eigenvalue weighted by Gasteiger charge is 2.24. The van der Waals surface area contributed by atoms with E-state index in [1.807, 2.05) is 0 Å². The number of unbranched alkanes of at least 4 members (excludes halogenated alkanes) is 8. The van der Waals surface area contributed by atoms with Crippen LogP contribution in [0.5, 0.6) is 0 Å². The van der Waals surface area contributed by atoms with Crippen LogP contribution in [0, 0.1) is 0 Å². The monoisotopic (exact) mass is 393 g/mol. The summed E-state index contributed by atoms with van der Waals surface area (Å²) < 4.78 is 28.7. The normalized spacial score (nSPS) is 11.9. The lowest BCUT2D eigenvalue weighted by Gasteiger charge is -2.39. The topological polar surface area (TPSA) is 57.2 Å². The fourth-order valence-electron chi connectivity index (χ4n) is 3.38. The van der Waals surface area contributed by atoms with Gasteiger partial charge in [-0.25, -0.2) is 8.42 Å². The van der Waals surface area contributed by atoms with Crippen LogP contribution in [0.1, 0.15) is 105 Å². The van der Waals surface area contributed by atoms with Crippen LogP contribution in [0.2, 0.25) is 0 Å². The predicted octanol–water partition coefficient (Wildman–Crippen LogP) is 5.73. The van der Waals surface area contributed by atoms with E-state index in [0.29, 0.717) is 6.26 Å². The molecule has 26 heavy (non-hydrogen) atoms. The summed E-state index contributed by atoms with van der Waals surface area (Å²) in [5.74, 6) is 0. The molecule has 0 N–H and O–H groups in total. The van der Waals surface area contributed by atoms with E-state index >= 15 is 0 Å². The van der Waals surface area contributed by atoms with Crippen LogP contribution in [0.3, 0.4) is 0 Å². The Morgan fingerprint density at radius 2 is 0.846 bits per heavy atom. The van der Waals surface area contributed by atoms with Crippen LogP contribution < -0.4 is 0 Å². The average Bonchev–Trinajstić information content (AvgIpc) is 2.57. The van der Waals surface area contributed by atoms with Gasteiger partial charge in [-0.1, -0.05) is 72.6 Å². The minimum absolute atomic E-state index is 0.604. The smallest absolute Gasteiger partial charge is 0.0916 e. The van der Waals surface area contributed by atoms with Gasteiger partial charge < -0.3 is 9.04 Å². The second-order valence-corrected chi connectivity index (χ2v) is 9.18. The molecule has 0 heterocycles. The number of rotatable bonds is 16. The summed E-state index contributed by atoms with van der Waals surface area (Å²) in [5, 5.41) is 0. The maximum Gasteiger partial charge on any atom is 0.0916 e. The van der Waals surface area contributed by atoms with Gasteiger partial charge in [0.05, 0.1) is 36.3 Å². The van der Waals surface area contributed by atoms with Gasteiger partial charge in [-0.15, -0.1) is 0 Å². The number of nitrogens with zero attached hydrogens (tertiary/aromatic N) is 1. The molecule has 0 saturated carbocycles. The van der Waals surface area contributed by atoms with E-state index in [2.05, 4.69) is 27.7 Å². The van der Waals surface area contributed by atoms with Crippen molar-refractivity contribution in [3.8, 4) is 0 Å². The third kappa shape index (κ3) is 21.9. The van der Waals surface area contributed by atoms with Gasteiger partial charge in [0, 0.05) is 6.26 Å². The fourth-order valence-corrected chi connectivity index (χ4v) is 3.38. The standard InChI is InChI=1S/C20H44N.CH4O3S/c1-5-9-13-14-15-16-20-21(17-10-6-2,18-11-7-3)19-12-8-4;1-5(2,3)4/h5-20H2,1-4H3;1H3,(H,2,3,4)/q+1;/p-1. The van der Waals surface area contributed by atoms with E-state index in [9.17, 15) is 0 Å². The Hall–Kier alpha value is -0.130. The predicted molar refractivity (Wildman–Crippen MR) is 113 cm³/mol. The van der Waals surface area contributed by atoms with Crippen molar-refractivity contribution >= 4 is 10.1 Å². The van der Waals surface area contributed by atoms with Gasteiger partial charge in [-0.3, -0.25) is 0 Å². The van der Waals surface area contributed by atoms with Crippen molar-refractivity contribution in [2.24, 2.45) is 0 Å². The largest absolute Gasteiger partial charge is 0.748 e. The van der Waals surface area contributed by atoms with Crippen molar-refractivity contribution in [1.29, 1.82) is 0 Å². The Balaban J connectivity index is 0. The molecule has 4 nitrogen and oxygen atoms in total. The summed E-state index contributed by atoms with van der Waals surface area (Å²) in [4.78, 5) is 0. The molecule has 0 aliphatic rings. The second kappa shape index (κ2) is 18.2. The number of hydrogen-bond acceptors (Lipinski definition) is 3. The first-order valence-electron chi connectivity index (χ1n) is 11.0. The summed E-state index contributed by atoms with van der Waals surface area (Å²) >= 11 is 0.